The number of nitrogens with zero attached hydrogens (tertiary/aromatic N) is 1. The van der Waals surface area contributed by atoms with E-state index in [0.717, 1.165) is 6.42 Å². The molecule has 1 saturated carbocycles. The molecule has 0 spiro atoms. The maximum absolute atomic E-state index is 13.8. The summed E-state index contributed by atoms with van der Waals surface area (Å²) in [4.78, 5) is 14.1. The van der Waals surface area contributed by atoms with Crippen LogP contribution in [0.5, 0.6) is 0 Å². The van der Waals surface area contributed by atoms with Crippen molar-refractivity contribution in [2.24, 2.45) is 11.7 Å². The number of amides is 1. The molecule has 5 heteroatoms. The van der Waals surface area contributed by atoms with Gasteiger partial charge in [-0.15, -0.1) is 0 Å². The molecule has 1 aliphatic carbocycles. The van der Waals surface area contributed by atoms with Crippen molar-refractivity contribution in [3.8, 4) is 0 Å². The van der Waals surface area contributed by atoms with Crippen molar-refractivity contribution < 1.29 is 9.18 Å². The zero-order valence-electron chi connectivity index (χ0n) is 10.5. The topological polar surface area (TPSA) is 46.3 Å². The van der Waals surface area contributed by atoms with E-state index in [0.29, 0.717) is 30.1 Å². The van der Waals surface area contributed by atoms with Gasteiger partial charge < -0.3 is 10.6 Å². The summed E-state index contributed by atoms with van der Waals surface area (Å²) >= 11 is 6.03. The largest absolute Gasteiger partial charge is 0.341 e. The minimum absolute atomic E-state index is 0.0713. The molecule has 2 N–H and O–H groups in total. The van der Waals surface area contributed by atoms with Gasteiger partial charge in [0.1, 0.15) is 5.82 Å². The van der Waals surface area contributed by atoms with E-state index in [4.69, 9.17) is 17.3 Å². The van der Waals surface area contributed by atoms with E-state index < -0.39 is 0 Å². The van der Waals surface area contributed by atoms with Gasteiger partial charge in [0.2, 0.25) is 5.91 Å². The van der Waals surface area contributed by atoms with Crippen LogP contribution in [0.2, 0.25) is 5.02 Å². The van der Waals surface area contributed by atoms with E-state index in [2.05, 4.69) is 0 Å². The first-order valence-electron chi connectivity index (χ1n) is 6.56. The van der Waals surface area contributed by atoms with Crippen molar-refractivity contribution >= 4 is 17.5 Å². The van der Waals surface area contributed by atoms with E-state index in [-0.39, 0.29) is 29.6 Å². The Balaban J connectivity index is 1.72. The molecule has 1 saturated heterocycles. The monoisotopic (exact) mass is 282 g/mol. The summed E-state index contributed by atoms with van der Waals surface area (Å²) in [6.07, 6.45) is 1.54. The molecular formula is C14H16ClFN2O. The SMILES string of the molecule is N[C@@H]1CCN(C(=O)C2CC2c2c(F)cccc2Cl)C1. The Labute approximate surface area is 116 Å². The van der Waals surface area contributed by atoms with Crippen LogP contribution < -0.4 is 5.73 Å². The van der Waals surface area contributed by atoms with Gasteiger partial charge in [-0.25, -0.2) is 4.39 Å². The molecule has 2 fully saturated rings. The summed E-state index contributed by atoms with van der Waals surface area (Å²) in [6.45, 7) is 1.33. The van der Waals surface area contributed by atoms with E-state index in [1.165, 1.54) is 6.07 Å². The van der Waals surface area contributed by atoms with Gasteiger partial charge in [-0.3, -0.25) is 4.79 Å². The van der Waals surface area contributed by atoms with Gasteiger partial charge in [0.25, 0.3) is 0 Å². The van der Waals surface area contributed by atoms with Crippen molar-refractivity contribution in [1.29, 1.82) is 0 Å². The molecule has 3 nitrogen and oxygen atoms in total. The summed E-state index contributed by atoms with van der Waals surface area (Å²) < 4.78 is 13.8. The van der Waals surface area contributed by atoms with Crippen LogP contribution in [0.1, 0.15) is 24.3 Å². The number of hydrogen-bond acceptors (Lipinski definition) is 2. The standard InChI is InChI=1S/C14H16ClFN2O/c15-11-2-1-3-12(16)13(11)9-6-10(9)14(19)18-5-4-8(17)7-18/h1-3,8-10H,4-7,17H2/t8-,9?,10?/m1/s1. The van der Waals surface area contributed by atoms with Crippen LogP contribution in [-0.2, 0) is 4.79 Å². The number of benzene rings is 1. The molecule has 3 rings (SSSR count). The number of halogens is 2. The number of carbonyl (C=O) groups is 1. The normalized spacial score (nSPS) is 29.6. The van der Waals surface area contributed by atoms with Crippen molar-refractivity contribution in [3.05, 3.63) is 34.6 Å². The zero-order chi connectivity index (χ0) is 13.6. The fraction of sp³-hybridized carbons (Fsp3) is 0.500. The third kappa shape index (κ3) is 2.35. The van der Waals surface area contributed by atoms with Gasteiger partial charge in [0, 0.05) is 41.6 Å². The third-order valence-corrected chi connectivity index (χ3v) is 4.34. The second-order valence-electron chi connectivity index (χ2n) is 5.42. The van der Waals surface area contributed by atoms with E-state index in [1.54, 1.807) is 17.0 Å². The minimum atomic E-state index is -0.314. The number of rotatable bonds is 2. The van der Waals surface area contributed by atoms with Crippen LogP contribution in [0.15, 0.2) is 18.2 Å². The first kappa shape index (κ1) is 12.9. The Morgan fingerprint density at radius 2 is 2.26 bits per heavy atom. The maximum Gasteiger partial charge on any atom is 0.226 e. The van der Waals surface area contributed by atoms with Gasteiger partial charge in [0.05, 0.1) is 0 Å². The van der Waals surface area contributed by atoms with Crippen molar-refractivity contribution in [2.45, 2.75) is 24.8 Å². The number of nitrogens with two attached hydrogens (primary N) is 1. The summed E-state index contributed by atoms with van der Waals surface area (Å²) in [6, 6.07) is 4.73. The van der Waals surface area contributed by atoms with Gasteiger partial charge >= 0.3 is 0 Å². The Bertz CT molecular complexity index is 502. The summed E-state index contributed by atoms with van der Waals surface area (Å²) in [5, 5.41) is 0.415. The van der Waals surface area contributed by atoms with Gasteiger partial charge in [-0.05, 0) is 25.0 Å². The Morgan fingerprint density at radius 3 is 2.89 bits per heavy atom. The Morgan fingerprint density at radius 1 is 1.47 bits per heavy atom. The van der Waals surface area contributed by atoms with Crippen molar-refractivity contribution in [3.63, 3.8) is 0 Å². The average molecular weight is 283 g/mol. The molecule has 1 aliphatic heterocycles. The first-order valence-corrected chi connectivity index (χ1v) is 6.94. The van der Waals surface area contributed by atoms with E-state index in [1.807, 2.05) is 0 Å². The van der Waals surface area contributed by atoms with E-state index in [9.17, 15) is 9.18 Å². The van der Waals surface area contributed by atoms with Crippen molar-refractivity contribution in [1.82, 2.24) is 4.90 Å². The predicted octanol–water partition coefficient (Wildman–Crippen LogP) is 2.14. The molecule has 102 valence electrons. The molecule has 1 amide bonds. The second-order valence-corrected chi connectivity index (χ2v) is 5.82. The molecule has 0 radical (unpaired) electrons. The summed E-state index contributed by atoms with van der Waals surface area (Å²) in [5.74, 6) is -0.416. The fourth-order valence-electron chi connectivity index (χ4n) is 2.87. The molecule has 1 heterocycles. The summed E-state index contributed by atoms with van der Waals surface area (Å²) in [7, 11) is 0. The highest BCUT2D eigenvalue weighted by Gasteiger charge is 2.48. The molecule has 19 heavy (non-hydrogen) atoms. The fourth-order valence-corrected chi connectivity index (χ4v) is 3.18. The Hall–Kier alpha value is -1.13. The van der Waals surface area contributed by atoms with Crippen LogP contribution in [0.25, 0.3) is 0 Å². The molecular weight excluding hydrogens is 267 g/mol. The molecule has 2 unspecified atom stereocenters. The zero-order valence-corrected chi connectivity index (χ0v) is 11.2. The van der Waals surface area contributed by atoms with Gasteiger partial charge in [-0.1, -0.05) is 17.7 Å². The number of likely N-dealkylation sites (tertiary alicyclic amines) is 1. The van der Waals surface area contributed by atoms with Crippen molar-refractivity contribution in [2.75, 3.05) is 13.1 Å². The van der Waals surface area contributed by atoms with E-state index >= 15 is 0 Å². The minimum Gasteiger partial charge on any atom is -0.341 e. The lowest BCUT2D eigenvalue weighted by molar-refractivity contribution is -0.131. The van der Waals surface area contributed by atoms with Crippen LogP contribution in [0.3, 0.4) is 0 Å². The molecule has 3 atom stereocenters. The maximum atomic E-state index is 13.8. The second kappa shape index (κ2) is 4.76. The highest BCUT2D eigenvalue weighted by Crippen LogP contribution is 2.51. The quantitative estimate of drug-likeness (QED) is 0.903. The highest BCUT2D eigenvalue weighted by atomic mass is 35.5. The van der Waals surface area contributed by atoms with Crippen LogP contribution in [0.4, 0.5) is 4.39 Å². The van der Waals surface area contributed by atoms with Crippen LogP contribution >= 0.6 is 11.6 Å². The Kier molecular flexibility index (Phi) is 3.23. The lowest BCUT2D eigenvalue weighted by Gasteiger charge is -2.16. The summed E-state index contributed by atoms with van der Waals surface area (Å²) in [5.41, 5.74) is 6.29. The third-order valence-electron chi connectivity index (χ3n) is 4.01. The number of hydrogen-bond donors (Lipinski definition) is 1. The molecule has 0 bridgehead atoms. The van der Waals surface area contributed by atoms with Crippen LogP contribution in [-0.4, -0.2) is 29.9 Å². The molecule has 1 aromatic carbocycles. The van der Waals surface area contributed by atoms with Gasteiger partial charge in [-0.2, -0.15) is 0 Å². The first-order chi connectivity index (χ1) is 9.08. The lowest BCUT2D eigenvalue weighted by atomic mass is 10.1. The predicted molar refractivity (Wildman–Crippen MR) is 71.4 cm³/mol. The highest BCUT2D eigenvalue weighted by molar-refractivity contribution is 6.31. The lowest BCUT2D eigenvalue weighted by Crippen LogP contribution is -2.33. The average Bonchev–Trinajstić information content (AvgIpc) is 3.02. The smallest absolute Gasteiger partial charge is 0.226 e. The van der Waals surface area contributed by atoms with Gasteiger partial charge in [0.15, 0.2) is 0 Å². The van der Waals surface area contributed by atoms with Crippen LogP contribution in [0, 0.1) is 11.7 Å². The molecule has 2 aliphatic rings. The molecule has 1 aromatic rings. The molecule has 0 aromatic heterocycles. The number of carbonyl (C=O) groups excluding carboxylic acids is 1.